The normalized spacial score (nSPS) is 42.4. The first-order valence-corrected chi connectivity index (χ1v) is 14.6. The fourth-order valence-corrected chi connectivity index (χ4v) is 9.99. The van der Waals surface area contributed by atoms with Crippen LogP contribution in [0, 0.1) is 16.5 Å². The van der Waals surface area contributed by atoms with Crippen LogP contribution in [-0.4, -0.2) is 35.0 Å². The Morgan fingerprint density at radius 1 is 0.972 bits per heavy atom. The Morgan fingerprint density at radius 2 is 1.81 bits per heavy atom. The van der Waals surface area contributed by atoms with Crippen LogP contribution in [-0.2, 0) is 4.74 Å². The van der Waals surface area contributed by atoms with Crippen molar-refractivity contribution in [1.82, 2.24) is 0 Å². The molecule has 3 heterocycles. The molecule has 0 N–H and O–H groups in total. The molecule has 0 aromatic heterocycles. The van der Waals surface area contributed by atoms with Gasteiger partial charge in [-0.2, -0.15) is 0 Å². The van der Waals surface area contributed by atoms with Gasteiger partial charge in [-0.15, -0.1) is 0 Å². The second-order valence-corrected chi connectivity index (χ2v) is 13.3. The van der Waals surface area contributed by atoms with Gasteiger partial charge in [0.25, 0.3) is 0 Å². The first kappa shape index (κ1) is 22.1. The fraction of sp³-hybridized carbons (Fsp3) is 0.576. The van der Waals surface area contributed by atoms with Gasteiger partial charge in [0.05, 0.1) is 30.3 Å². The van der Waals surface area contributed by atoms with E-state index in [2.05, 4.69) is 61.5 Å². The molecule has 3 aliphatic heterocycles. The van der Waals surface area contributed by atoms with Crippen molar-refractivity contribution >= 4 is 10.8 Å². The molecular formula is C33H39NO2. The van der Waals surface area contributed by atoms with Gasteiger partial charge in [0.15, 0.2) is 0 Å². The van der Waals surface area contributed by atoms with Crippen molar-refractivity contribution in [2.45, 2.75) is 94.3 Å². The third kappa shape index (κ3) is 2.80. The highest BCUT2D eigenvalue weighted by Gasteiger charge is 2.67. The molecule has 8 rings (SSSR count). The third-order valence-electron chi connectivity index (χ3n) is 11.8. The maximum Gasteiger partial charge on any atom is 0.0975 e. The number of ether oxygens (including phenoxy) is 1. The molecule has 2 aromatic rings. The average molecular weight is 482 g/mol. The molecule has 6 atom stereocenters. The Balaban J connectivity index is 1.15. The second-order valence-electron chi connectivity index (χ2n) is 13.3. The zero-order chi connectivity index (χ0) is 24.2. The van der Waals surface area contributed by atoms with Crippen molar-refractivity contribution in [3.63, 3.8) is 0 Å². The van der Waals surface area contributed by atoms with Crippen molar-refractivity contribution in [1.29, 1.82) is 0 Å². The lowest BCUT2D eigenvalue weighted by Gasteiger charge is -2.56. The van der Waals surface area contributed by atoms with Crippen LogP contribution in [0.15, 0.2) is 65.8 Å². The number of hydrogen-bond donors (Lipinski definition) is 0. The van der Waals surface area contributed by atoms with Gasteiger partial charge in [-0.3, -0.25) is 0 Å². The average Bonchev–Trinajstić information content (AvgIpc) is 3.58. The predicted octanol–water partition coefficient (Wildman–Crippen LogP) is 7.56. The topological polar surface area (TPSA) is 32.3 Å². The molecule has 3 heteroatoms. The summed E-state index contributed by atoms with van der Waals surface area (Å²) >= 11 is 0. The summed E-state index contributed by atoms with van der Waals surface area (Å²) in [5, 5.41) is 16.4. The summed E-state index contributed by atoms with van der Waals surface area (Å²) in [6.45, 7) is 4.21. The van der Waals surface area contributed by atoms with Gasteiger partial charge in [0.2, 0.25) is 0 Å². The predicted molar refractivity (Wildman–Crippen MR) is 144 cm³/mol. The van der Waals surface area contributed by atoms with E-state index in [4.69, 9.17) is 4.74 Å². The van der Waals surface area contributed by atoms with Crippen LogP contribution in [0.4, 0.5) is 0 Å². The van der Waals surface area contributed by atoms with Crippen molar-refractivity contribution in [2.75, 3.05) is 13.1 Å². The monoisotopic (exact) mass is 481 g/mol. The van der Waals surface area contributed by atoms with E-state index in [-0.39, 0.29) is 27.3 Å². The zero-order valence-electron chi connectivity index (χ0n) is 21.7. The van der Waals surface area contributed by atoms with E-state index in [1.165, 1.54) is 40.3 Å². The Kier molecular flexibility index (Phi) is 4.50. The number of rotatable bonds is 2. The Hall–Kier alpha value is -1.94. The smallest absolute Gasteiger partial charge is 0.0975 e. The highest BCUT2D eigenvalue weighted by atomic mass is 16.6. The molecule has 2 bridgehead atoms. The van der Waals surface area contributed by atoms with E-state index >= 15 is 0 Å². The highest BCUT2D eigenvalue weighted by Crippen LogP contribution is 2.69. The number of quaternary nitrogens is 1. The molecule has 2 saturated carbocycles. The first-order chi connectivity index (χ1) is 17.4. The van der Waals surface area contributed by atoms with Gasteiger partial charge >= 0.3 is 0 Å². The van der Waals surface area contributed by atoms with Crippen LogP contribution >= 0.6 is 0 Å². The van der Waals surface area contributed by atoms with Gasteiger partial charge < -0.3 is 14.6 Å². The maximum absolute atomic E-state index is 13.7. The number of benzene rings is 2. The molecule has 36 heavy (non-hydrogen) atoms. The molecular weight excluding hydrogens is 442 g/mol. The van der Waals surface area contributed by atoms with Crippen LogP contribution in [0.1, 0.15) is 82.6 Å². The lowest BCUT2D eigenvalue weighted by atomic mass is 9.58. The molecule has 2 aromatic carbocycles. The van der Waals surface area contributed by atoms with E-state index in [1.54, 1.807) is 0 Å². The number of likely N-dealkylation sites (tertiary alicyclic amines) is 1. The SMILES string of the molecule is C[C@]12CC=C3C=C4CC[C@H]([N+]5([O-])CCCC5)C[C@]45CC[C@]3(O5)[C@@H]1CC[C@@H]2c1ccc2ccccc2c1. The summed E-state index contributed by atoms with van der Waals surface area (Å²) in [5.41, 5.74) is 4.42. The van der Waals surface area contributed by atoms with Crippen LogP contribution < -0.4 is 0 Å². The molecule has 2 saturated heterocycles. The number of allylic oxidation sites excluding steroid dienone is 1. The van der Waals surface area contributed by atoms with Crippen molar-refractivity contribution < 1.29 is 9.38 Å². The Labute approximate surface area is 215 Å². The van der Waals surface area contributed by atoms with Gasteiger partial charge in [0.1, 0.15) is 0 Å². The van der Waals surface area contributed by atoms with E-state index in [0.717, 1.165) is 64.5 Å². The van der Waals surface area contributed by atoms with Crippen LogP contribution in [0.25, 0.3) is 10.8 Å². The third-order valence-corrected chi connectivity index (χ3v) is 11.8. The molecule has 188 valence electrons. The highest BCUT2D eigenvalue weighted by molar-refractivity contribution is 5.83. The second kappa shape index (κ2) is 7.34. The minimum absolute atomic E-state index is 0.0548. The summed E-state index contributed by atoms with van der Waals surface area (Å²) < 4.78 is 7.52. The summed E-state index contributed by atoms with van der Waals surface area (Å²) in [7, 11) is 0. The fourth-order valence-electron chi connectivity index (χ4n) is 9.99. The minimum atomic E-state index is -0.169. The summed E-state index contributed by atoms with van der Waals surface area (Å²) in [4.78, 5) is 0. The summed E-state index contributed by atoms with van der Waals surface area (Å²) in [5.74, 6) is 1.13. The quantitative estimate of drug-likeness (QED) is 0.327. The largest absolute Gasteiger partial charge is 0.633 e. The molecule has 0 amide bonds. The molecule has 3 aliphatic carbocycles. The van der Waals surface area contributed by atoms with Crippen LogP contribution in [0.3, 0.4) is 0 Å². The van der Waals surface area contributed by atoms with Crippen LogP contribution in [0.5, 0.6) is 0 Å². The van der Waals surface area contributed by atoms with E-state index in [1.807, 2.05) is 0 Å². The lowest BCUT2D eigenvalue weighted by Crippen LogP contribution is -2.58. The lowest BCUT2D eigenvalue weighted by molar-refractivity contribution is -0.895. The summed E-state index contributed by atoms with van der Waals surface area (Å²) in [6, 6.07) is 16.2. The van der Waals surface area contributed by atoms with Gasteiger partial charge in [-0.25, -0.2) is 0 Å². The molecule has 0 unspecified atom stereocenters. The van der Waals surface area contributed by atoms with Gasteiger partial charge in [0, 0.05) is 25.7 Å². The van der Waals surface area contributed by atoms with Crippen molar-refractivity contribution in [3.8, 4) is 0 Å². The number of hydroxylamine groups is 3. The van der Waals surface area contributed by atoms with Gasteiger partial charge in [-0.05, 0) is 83.3 Å². The standard InChI is InChI=1S/C33H39NO2/c1-31-15-14-27-21-26-10-11-28(34(35)18-4-5-19-34)22-32(26)16-17-33(27,36-32)30(31)13-12-29(31)25-9-8-23-6-2-3-7-24(23)20-25/h2-3,6-9,14,20-21,28-30H,4-5,10-13,15-19,22H2,1H3/t28-,29+,30+,31+,32+,33+/m0/s1. The maximum atomic E-state index is 13.7. The Bertz CT molecular complexity index is 1300. The Morgan fingerprint density at radius 3 is 2.67 bits per heavy atom. The zero-order valence-corrected chi connectivity index (χ0v) is 21.7. The number of fused-ring (bicyclic) bond motifs is 2. The van der Waals surface area contributed by atoms with Crippen molar-refractivity contribution in [3.05, 3.63) is 76.5 Å². The molecule has 6 aliphatic rings. The summed E-state index contributed by atoms with van der Waals surface area (Å²) in [6.07, 6.45) is 16.3. The first-order valence-electron chi connectivity index (χ1n) is 14.6. The molecule has 0 radical (unpaired) electrons. The van der Waals surface area contributed by atoms with Gasteiger partial charge in [-0.1, -0.05) is 61.5 Å². The van der Waals surface area contributed by atoms with E-state index in [9.17, 15) is 5.21 Å². The molecule has 3 nitrogen and oxygen atoms in total. The number of nitrogens with zero attached hydrogens (tertiary/aromatic N) is 1. The van der Waals surface area contributed by atoms with Crippen molar-refractivity contribution in [2.24, 2.45) is 11.3 Å². The minimum Gasteiger partial charge on any atom is -0.633 e. The molecule has 2 spiro atoms. The van der Waals surface area contributed by atoms with E-state index < -0.39 is 0 Å². The number of hydrogen-bond acceptors (Lipinski definition) is 2. The van der Waals surface area contributed by atoms with E-state index in [0.29, 0.717) is 11.8 Å². The molecule has 4 fully saturated rings. The van der Waals surface area contributed by atoms with Crippen LogP contribution in [0.2, 0.25) is 0 Å².